The molecule has 1 aromatic carbocycles. The Morgan fingerprint density at radius 2 is 1.94 bits per heavy atom. The highest BCUT2D eigenvalue weighted by Crippen LogP contribution is 2.29. The van der Waals surface area contributed by atoms with E-state index in [4.69, 9.17) is 4.42 Å². The Bertz CT molecular complexity index is 542. The predicted molar refractivity (Wildman–Crippen MR) is 58.2 cm³/mol. The number of benzene rings is 1. The minimum absolute atomic E-state index is 0.0289. The second-order valence-electron chi connectivity index (χ2n) is 3.76. The second-order valence-corrected chi connectivity index (χ2v) is 3.76. The standard InChI is InChI=1S/C13H9F3O2/c14-13(15,16)10-4-1-3-9(7-10)12(17)8-11-5-2-6-18-11/h1-7H,8H2. The van der Waals surface area contributed by atoms with Crippen LogP contribution in [0.2, 0.25) is 0 Å². The molecule has 0 unspecified atom stereocenters. The van der Waals surface area contributed by atoms with Crippen LogP contribution in [0.3, 0.4) is 0 Å². The number of hydrogen-bond donors (Lipinski definition) is 0. The Morgan fingerprint density at radius 1 is 1.17 bits per heavy atom. The van der Waals surface area contributed by atoms with E-state index in [1.807, 2.05) is 0 Å². The monoisotopic (exact) mass is 254 g/mol. The highest BCUT2D eigenvalue weighted by atomic mass is 19.4. The van der Waals surface area contributed by atoms with Crippen LogP contribution in [0.15, 0.2) is 47.1 Å². The van der Waals surface area contributed by atoms with Crippen molar-refractivity contribution in [2.45, 2.75) is 12.6 Å². The molecule has 0 aliphatic heterocycles. The molecule has 0 amide bonds. The predicted octanol–water partition coefficient (Wildman–Crippen LogP) is 3.72. The Balaban J connectivity index is 2.21. The number of Topliss-reactive ketones (excluding diaryl/α,β-unsaturated/α-hetero) is 1. The molecule has 0 N–H and O–H groups in total. The first kappa shape index (κ1) is 12.4. The first-order valence-corrected chi connectivity index (χ1v) is 5.19. The quantitative estimate of drug-likeness (QED) is 0.781. The van der Waals surface area contributed by atoms with Gasteiger partial charge in [0.15, 0.2) is 5.78 Å². The number of halogens is 3. The van der Waals surface area contributed by atoms with E-state index in [1.54, 1.807) is 12.1 Å². The largest absolute Gasteiger partial charge is 0.469 e. The number of furan rings is 1. The molecule has 0 saturated carbocycles. The van der Waals surface area contributed by atoms with Gasteiger partial charge in [0.2, 0.25) is 0 Å². The summed E-state index contributed by atoms with van der Waals surface area (Å²) in [6.07, 6.45) is -3.08. The zero-order valence-electron chi connectivity index (χ0n) is 9.20. The van der Waals surface area contributed by atoms with Crippen LogP contribution in [0.25, 0.3) is 0 Å². The van der Waals surface area contributed by atoms with Crippen LogP contribution >= 0.6 is 0 Å². The molecule has 5 heteroatoms. The van der Waals surface area contributed by atoms with Gasteiger partial charge in [-0.05, 0) is 24.3 Å². The average Bonchev–Trinajstić information content (AvgIpc) is 2.81. The maximum Gasteiger partial charge on any atom is 0.416 e. The minimum Gasteiger partial charge on any atom is -0.469 e. The van der Waals surface area contributed by atoms with Crippen LogP contribution in [-0.4, -0.2) is 5.78 Å². The lowest BCUT2D eigenvalue weighted by atomic mass is 10.0. The summed E-state index contributed by atoms with van der Waals surface area (Å²) in [5, 5.41) is 0. The van der Waals surface area contributed by atoms with E-state index in [0.29, 0.717) is 5.76 Å². The lowest BCUT2D eigenvalue weighted by Gasteiger charge is -2.07. The fourth-order valence-electron chi connectivity index (χ4n) is 1.54. The number of alkyl halides is 3. The van der Waals surface area contributed by atoms with E-state index < -0.39 is 17.5 Å². The number of carbonyl (C=O) groups is 1. The van der Waals surface area contributed by atoms with Crippen LogP contribution in [-0.2, 0) is 12.6 Å². The zero-order chi connectivity index (χ0) is 13.2. The highest BCUT2D eigenvalue weighted by Gasteiger charge is 2.30. The third-order valence-corrected chi connectivity index (χ3v) is 2.43. The smallest absolute Gasteiger partial charge is 0.416 e. The number of ketones is 1. The summed E-state index contributed by atoms with van der Waals surface area (Å²) in [5.41, 5.74) is -0.797. The third kappa shape index (κ3) is 2.80. The molecule has 18 heavy (non-hydrogen) atoms. The van der Waals surface area contributed by atoms with E-state index in [1.165, 1.54) is 18.4 Å². The SMILES string of the molecule is O=C(Cc1ccco1)c1cccc(C(F)(F)F)c1. The van der Waals surface area contributed by atoms with Gasteiger partial charge >= 0.3 is 6.18 Å². The second kappa shape index (κ2) is 4.68. The van der Waals surface area contributed by atoms with Crippen molar-refractivity contribution in [3.05, 3.63) is 59.5 Å². The molecule has 0 bridgehead atoms. The van der Waals surface area contributed by atoms with Crippen molar-refractivity contribution in [1.29, 1.82) is 0 Å². The van der Waals surface area contributed by atoms with Crippen LogP contribution in [0.1, 0.15) is 21.7 Å². The highest BCUT2D eigenvalue weighted by molar-refractivity contribution is 5.97. The number of rotatable bonds is 3. The maximum atomic E-state index is 12.5. The van der Waals surface area contributed by atoms with Gasteiger partial charge in [-0.15, -0.1) is 0 Å². The minimum atomic E-state index is -4.44. The lowest BCUT2D eigenvalue weighted by molar-refractivity contribution is -0.137. The molecule has 0 radical (unpaired) electrons. The Morgan fingerprint density at radius 3 is 2.56 bits per heavy atom. The van der Waals surface area contributed by atoms with Crippen molar-refractivity contribution in [2.24, 2.45) is 0 Å². The zero-order valence-corrected chi connectivity index (χ0v) is 9.20. The van der Waals surface area contributed by atoms with Crippen LogP contribution in [0.4, 0.5) is 13.2 Å². The van der Waals surface area contributed by atoms with Crippen molar-refractivity contribution in [2.75, 3.05) is 0 Å². The molecule has 1 heterocycles. The lowest BCUT2D eigenvalue weighted by Crippen LogP contribution is -2.08. The van der Waals surface area contributed by atoms with Crippen LogP contribution in [0.5, 0.6) is 0 Å². The normalized spacial score (nSPS) is 11.5. The third-order valence-electron chi connectivity index (χ3n) is 2.43. The topological polar surface area (TPSA) is 30.2 Å². The van der Waals surface area contributed by atoms with Crippen molar-refractivity contribution in [3.8, 4) is 0 Å². The van der Waals surface area contributed by atoms with Crippen LogP contribution in [0, 0.1) is 0 Å². The van der Waals surface area contributed by atoms with Crippen molar-refractivity contribution in [1.82, 2.24) is 0 Å². The molecule has 0 saturated heterocycles. The molecule has 0 fully saturated rings. The first-order chi connectivity index (χ1) is 8.47. The molecule has 0 atom stereocenters. The Kier molecular flexibility index (Phi) is 3.23. The van der Waals surface area contributed by atoms with Gasteiger partial charge in [0, 0.05) is 5.56 Å². The molecule has 2 nitrogen and oxygen atoms in total. The molecule has 0 aliphatic carbocycles. The number of carbonyl (C=O) groups excluding carboxylic acids is 1. The summed E-state index contributed by atoms with van der Waals surface area (Å²) in [6, 6.07) is 7.59. The summed E-state index contributed by atoms with van der Waals surface area (Å²) >= 11 is 0. The van der Waals surface area contributed by atoms with Gasteiger partial charge in [-0.25, -0.2) is 0 Å². The van der Waals surface area contributed by atoms with Crippen molar-refractivity contribution < 1.29 is 22.4 Å². The molecule has 0 aliphatic rings. The summed E-state index contributed by atoms with van der Waals surface area (Å²) < 4.78 is 42.4. The molecule has 2 rings (SSSR count). The van der Waals surface area contributed by atoms with E-state index in [0.717, 1.165) is 12.1 Å². The van der Waals surface area contributed by atoms with Gasteiger partial charge in [-0.1, -0.05) is 12.1 Å². The average molecular weight is 254 g/mol. The molecule has 2 aromatic rings. The van der Waals surface area contributed by atoms with Gasteiger partial charge in [-0.2, -0.15) is 13.2 Å². The van der Waals surface area contributed by atoms with Gasteiger partial charge in [0.05, 0.1) is 18.2 Å². The summed E-state index contributed by atoms with van der Waals surface area (Å²) in [6.45, 7) is 0. The van der Waals surface area contributed by atoms with E-state index in [2.05, 4.69) is 0 Å². The van der Waals surface area contributed by atoms with Gasteiger partial charge in [0.25, 0.3) is 0 Å². The van der Waals surface area contributed by atoms with Crippen LogP contribution < -0.4 is 0 Å². The maximum absolute atomic E-state index is 12.5. The first-order valence-electron chi connectivity index (χ1n) is 5.19. The molecule has 0 spiro atoms. The van der Waals surface area contributed by atoms with Crippen molar-refractivity contribution >= 4 is 5.78 Å². The Labute approximate surface area is 101 Å². The van der Waals surface area contributed by atoms with Gasteiger partial charge in [0.1, 0.15) is 5.76 Å². The van der Waals surface area contributed by atoms with Gasteiger partial charge in [-0.3, -0.25) is 4.79 Å². The molecular formula is C13H9F3O2. The molecule has 1 aromatic heterocycles. The van der Waals surface area contributed by atoms with Crippen molar-refractivity contribution in [3.63, 3.8) is 0 Å². The summed E-state index contributed by atoms with van der Waals surface area (Å²) in [5.74, 6) is 0.0217. The van der Waals surface area contributed by atoms with E-state index in [9.17, 15) is 18.0 Å². The fraction of sp³-hybridized carbons (Fsp3) is 0.154. The Hall–Kier alpha value is -2.04. The summed E-state index contributed by atoms with van der Waals surface area (Å²) in [7, 11) is 0. The molecular weight excluding hydrogens is 245 g/mol. The van der Waals surface area contributed by atoms with E-state index in [-0.39, 0.29) is 12.0 Å². The molecule has 94 valence electrons. The van der Waals surface area contributed by atoms with Gasteiger partial charge < -0.3 is 4.42 Å². The number of hydrogen-bond acceptors (Lipinski definition) is 2. The van der Waals surface area contributed by atoms with E-state index >= 15 is 0 Å². The fourth-order valence-corrected chi connectivity index (χ4v) is 1.54. The summed E-state index contributed by atoms with van der Waals surface area (Å²) in [4.78, 5) is 11.8.